The van der Waals surface area contributed by atoms with Crippen molar-refractivity contribution >= 4 is 45.1 Å². The number of benzene rings is 1. The first kappa shape index (κ1) is 10.4. The molecule has 0 unspecified atom stereocenters. The van der Waals surface area contributed by atoms with E-state index in [0.717, 1.165) is 20.0 Å². The summed E-state index contributed by atoms with van der Waals surface area (Å²) in [7, 11) is 0. The number of aromatic nitrogens is 1. The second kappa shape index (κ2) is 4.59. The van der Waals surface area contributed by atoms with Crippen molar-refractivity contribution in [2.24, 2.45) is 0 Å². The molecule has 1 aromatic heterocycles. The molecule has 0 amide bonds. The van der Waals surface area contributed by atoms with Crippen LogP contribution in [0.1, 0.15) is 10.4 Å². The largest absolute Gasteiger partial charge is 0.399 e. The molecule has 4 heteroatoms. The molecule has 0 aliphatic carbocycles. The van der Waals surface area contributed by atoms with Gasteiger partial charge in [0.05, 0.1) is 0 Å². The van der Waals surface area contributed by atoms with Gasteiger partial charge in [-0.15, -0.1) is 11.3 Å². The summed E-state index contributed by atoms with van der Waals surface area (Å²) in [6, 6.07) is 7.76. The van der Waals surface area contributed by atoms with E-state index in [1.165, 1.54) is 0 Å². The van der Waals surface area contributed by atoms with Crippen molar-refractivity contribution in [3.8, 4) is 0 Å². The molecule has 0 aliphatic heterocycles. The minimum atomic E-state index is 0.785. The van der Waals surface area contributed by atoms with Crippen LogP contribution >= 0.6 is 27.3 Å². The monoisotopic (exact) mass is 280 g/mol. The zero-order chi connectivity index (χ0) is 10.7. The summed E-state index contributed by atoms with van der Waals surface area (Å²) in [5.41, 5.74) is 7.52. The predicted molar refractivity (Wildman–Crippen MR) is 69.6 cm³/mol. The van der Waals surface area contributed by atoms with Crippen molar-refractivity contribution < 1.29 is 0 Å². The Hall–Kier alpha value is -1.13. The fourth-order valence-electron chi connectivity index (χ4n) is 1.13. The van der Waals surface area contributed by atoms with E-state index in [-0.39, 0.29) is 0 Å². The first-order valence-corrected chi connectivity index (χ1v) is 6.00. The average molecular weight is 281 g/mol. The van der Waals surface area contributed by atoms with Gasteiger partial charge in [0.25, 0.3) is 0 Å². The second-order valence-electron chi connectivity index (χ2n) is 3.02. The van der Waals surface area contributed by atoms with Crippen molar-refractivity contribution in [1.29, 1.82) is 0 Å². The maximum absolute atomic E-state index is 5.60. The maximum Gasteiger partial charge on any atom is 0.159 e. The van der Waals surface area contributed by atoms with Crippen molar-refractivity contribution in [2.45, 2.75) is 0 Å². The van der Waals surface area contributed by atoms with Gasteiger partial charge in [-0.25, -0.2) is 4.98 Å². The molecule has 1 aromatic carbocycles. The summed E-state index contributed by atoms with van der Waals surface area (Å²) in [6.45, 7) is 0. The normalized spacial score (nSPS) is 11.0. The van der Waals surface area contributed by atoms with Crippen LogP contribution in [0.15, 0.2) is 34.4 Å². The highest BCUT2D eigenvalue weighted by molar-refractivity contribution is 9.11. The molecule has 2 rings (SSSR count). The molecule has 2 aromatic rings. The Morgan fingerprint density at radius 3 is 2.53 bits per heavy atom. The number of hydrogen-bond donors (Lipinski definition) is 1. The Morgan fingerprint density at radius 2 is 1.93 bits per heavy atom. The van der Waals surface area contributed by atoms with Gasteiger partial charge in [0.15, 0.2) is 3.92 Å². The minimum Gasteiger partial charge on any atom is -0.399 e. The SMILES string of the molecule is Nc1ccc(/C=C/c2cnc(Br)s2)cc1. The average Bonchev–Trinajstić information content (AvgIpc) is 2.64. The molecule has 0 atom stereocenters. The standard InChI is InChI=1S/C11H9BrN2S/c12-11-14-7-10(15-11)6-3-8-1-4-9(13)5-2-8/h1-7H,13H2/b6-3+. The number of anilines is 1. The van der Waals surface area contributed by atoms with Gasteiger partial charge in [-0.05, 0) is 39.7 Å². The van der Waals surface area contributed by atoms with Crippen molar-refractivity contribution in [3.05, 3.63) is 44.8 Å². The molecule has 0 radical (unpaired) electrons. The third-order valence-electron chi connectivity index (χ3n) is 1.87. The van der Waals surface area contributed by atoms with Crippen LogP contribution in [-0.4, -0.2) is 4.98 Å². The first-order valence-electron chi connectivity index (χ1n) is 4.39. The molecule has 0 saturated heterocycles. The van der Waals surface area contributed by atoms with Crippen molar-refractivity contribution in [2.75, 3.05) is 5.73 Å². The molecule has 0 saturated carbocycles. The van der Waals surface area contributed by atoms with Gasteiger partial charge in [-0.1, -0.05) is 18.2 Å². The molecule has 0 fully saturated rings. The molecule has 1 heterocycles. The number of nitrogen functional groups attached to an aromatic ring is 1. The Labute approximate surface area is 101 Å². The summed E-state index contributed by atoms with van der Waals surface area (Å²) in [5, 5.41) is 0. The third kappa shape index (κ3) is 2.91. The molecule has 15 heavy (non-hydrogen) atoms. The third-order valence-corrected chi connectivity index (χ3v) is 3.31. The molecule has 0 bridgehead atoms. The van der Waals surface area contributed by atoms with Crippen molar-refractivity contribution in [3.63, 3.8) is 0 Å². The van der Waals surface area contributed by atoms with Crippen LogP contribution < -0.4 is 5.73 Å². The Morgan fingerprint density at radius 1 is 1.20 bits per heavy atom. The lowest BCUT2D eigenvalue weighted by molar-refractivity contribution is 1.38. The number of rotatable bonds is 2. The Kier molecular flexibility index (Phi) is 3.18. The highest BCUT2D eigenvalue weighted by Gasteiger charge is 1.93. The van der Waals surface area contributed by atoms with Crippen molar-refractivity contribution in [1.82, 2.24) is 4.98 Å². The fourth-order valence-corrected chi connectivity index (χ4v) is 2.33. The fraction of sp³-hybridized carbons (Fsp3) is 0. The van der Waals surface area contributed by atoms with Gasteiger partial charge in [-0.2, -0.15) is 0 Å². The molecule has 2 N–H and O–H groups in total. The predicted octanol–water partition coefficient (Wildman–Crippen LogP) is 3.66. The van der Waals surface area contributed by atoms with Crippen LogP contribution in [0, 0.1) is 0 Å². The van der Waals surface area contributed by atoms with E-state index in [2.05, 4.69) is 20.9 Å². The summed E-state index contributed by atoms with van der Waals surface area (Å²) in [6.07, 6.45) is 5.91. The minimum absolute atomic E-state index is 0.785. The van der Waals surface area contributed by atoms with E-state index in [4.69, 9.17) is 5.73 Å². The quantitative estimate of drug-likeness (QED) is 0.853. The summed E-state index contributed by atoms with van der Waals surface area (Å²) < 4.78 is 0.902. The number of nitrogens with two attached hydrogens (primary N) is 1. The lowest BCUT2D eigenvalue weighted by Gasteiger charge is -1.93. The van der Waals surface area contributed by atoms with E-state index in [0.29, 0.717) is 0 Å². The number of thiazole rings is 1. The van der Waals surface area contributed by atoms with Gasteiger partial charge in [0.1, 0.15) is 0 Å². The van der Waals surface area contributed by atoms with Crippen LogP contribution in [0.4, 0.5) is 5.69 Å². The van der Waals surface area contributed by atoms with Crippen LogP contribution in [0.2, 0.25) is 0 Å². The van der Waals surface area contributed by atoms with E-state index in [1.54, 1.807) is 11.3 Å². The van der Waals surface area contributed by atoms with Gasteiger partial charge in [0, 0.05) is 16.8 Å². The second-order valence-corrected chi connectivity index (χ2v) is 5.35. The van der Waals surface area contributed by atoms with Gasteiger partial charge < -0.3 is 5.73 Å². The highest BCUT2D eigenvalue weighted by Crippen LogP contribution is 2.20. The molecule has 0 aliphatic rings. The van der Waals surface area contributed by atoms with Crippen LogP contribution in [0.3, 0.4) is 0 Å². The molecular formula is C11H9BrN2S. The Balaban J connectivity index is 2.14. The topological polar surface area (TPSA) is 38.9 Å². The Bertz CT molecular complexity index is 474. The lowest BCUT2D eigenvalue weighted by atomic mass is 10.2. The van der Waals surface area contributed by atoms with E-state index >= 15 is 0 Å². The molecule has 2 nitrogen and oxygen atoms in total. The smallest absolute Gasteiger partial charge is 0.159 e. The number of halogens is 1. The highest BCUT2D eigenvalue weighted by atomic mass is 79.9. The summed E-state index contributed by atoms with van der Waals surface area (Å²) in [4.78, 5) is 5.23. The van der Waals surface area contributed by atoms with Crippen LogP contribution in [0.25, 0.3) is 12.2 Å². The first-order chi connectivity index (χ1) is 7.24. The zero-order valence-electron chi connectivity index (χ0n) is 7.85. The summed E-state index contributed by atoms with van der Waals surface area (Å²) >= 11 is 4.93. The maximum atomic E-state index is 5.60. The molecule has 76 valence electrons. The van der Waals surface area contributed by atoms with E-state index < -0.39 is 0 Å². The van der Waals surface area contributed by atoms with E-state index in [1.807, 2.05) is 42.6 Å². The number of hydrogen-bond acceptors (Lipinski definition) is 3. The van der Waals surface area contributed by atoms with Gasteiger partial charge >= 0.3 is 0 Å². The molecular weight excluding hydrogens is 272 g/mol. The molecule has 0 spiro atoms. The summed E-state index contributed by atoms with van der Waals surface area (Å²) in [5.74, 6) is 0. The van der Waals surface area contributed by atoms with Gasteiger partial charge in [0.2, 0.25) is 0 Å². The number of nitrogens with zero attached hydrogens (tertiary/aromatic N) is 1. The zero-order valence-corrected chi connectivity index (χ0v) is 10.3. The van der Waals surface area contributed by atoms with Gasteiger partial charge in [-0.3, -0.25) is 0 Å². The van der Waals surface area contributed by atoms with Crippen LogP contribution in [0.5, 0.6) is 0 Å². The van der Waals surface area contributed by atoms with E-state index in [9.17, 15) is 0 Å². The van der Waals surface area contributed by atoms with Crippen LogP contribution in [-0.2, 0) is 0 Å². The lowest BCUT2D eigenvalue weighted by Crippen LogP contribution is -1.82.